The van der Waals surface area contributed by atoms with E-state index in [1.807, 2.05) is 24.3 Å². The Labute approximate surface area is 142 Å². The largest absolute Gasteiger partial charge is 0.389 e. The Morgan fingerprint density at radius 3 is 2.65 bits per heavy atom. The monoisotopic (exact) mass is 337 g/mol. The number of hydrogen-bond donors (Lipinski definition) is 2. The highest BCUT2D eigenvalue weighted by Gasteiger charge is 2.35. The minimum atomic E-state index is -0.822. The van der Waals surface area contributed by atoms with E-state index < -0.39 is 5.60 Å². The summed E-state index contributed by atoms with van der Waals surface area (Å²) in [5.41, 5.74) is 0.200. The van der Waals surface area contributed by atoms with Gasteiger partial charge in [0.2, 0.25) is 5.91 Å². The fourth-order valence-electron chi connectivity index (χ4n) is 3.66. The molecular formula is C18H24ClNO3. The Morgan fingerprint density at radius 1 is 1.26 bits per heavy atom. The standard InChI is InChI=1S/C18H24ClNO3/c19-14-6-4-13(5-7-14)17-15(8-11-23-17)20-16(21)12-18(22)9-2-1-3-10-18/h4-7,15,17,22H,1-3,8-12H2,(H,20,21). The molecule has 1 aliphatic carbocycles. The molecule has 5 heteroatoms. The summed E-state index contributed by atoms with van der Waals surface area (Å²) in [6.45, 7) is 0.627. The van der Waals surface area contributed by atoms with Gasteiger partial charge in [-0.1, -0.05) is 43.0 Å². The fourth-order valence-corrected chi connectivity index (χ4v) is 3.79. The average molecular weight is 338 g/mol. The van der Waals surface area contributed by atoms with Gasteiger partial charge in [-0.3, -0.25) is 4.79 Å². The van der Waals surface area contributed by atoms with Crippen LogP contribution in [0.1, 0.15) is 56.6 Å². The summed E-state index contributed by atoms with van der Waals surface area (Å²) in [7, 11) is 0. The van der Waals surface area contributed by atoms with E-state index >= 15 is 0 Å². The van der Waals surface area contributed by atoms with Gasteiger partial charge in [-0.2, -0.15) is 0 Å². The Morgan fingerprint density at radius 2 is 1.96 bits per heavy atom. The van der Waals surface area contributed by atoms with Crippen LogP contribution in [0.4, 0.5) is 0 Å². The van der Waals surface area contributed by atoms with Crippen LogP contribution >= 0.6 is 11.6 Å². The van der Waals surface area contributed by atoms with Crippen molar-refractivity contribution in [3.05, 3.63) is 34.9 Å². The molecule has 2 unspecified atom stereocenters. The second kappa shape index (κ2) is 7.20. The molecule has 126 valence electrons. The number of ether oxygens (including phenoxy) is 1. The Kier molecular flexibility index (Phi) is 5.24. The predicted molar refractivity (Wildman–Crippen MR) is 89.3 cm³/mol. The van der Waals surface area contributed by atoms with Crippen LogP contribution in [0.2, 0.25) is 5.02 Å². The minimum absolute atomic E-state index is 0.0455. The maximum absolute atomic E-state index is 12.4. The zero-order chi connectivity index (χ0) is 16.3. The summed E-state index contributed by atoms with van der Waals surface area (Å²) in [6, 6.07) is 7.50. The minimum Gasteiger partial charge on any atom is -0.389 e. The van der Waals surface area contributed by atoms with Crippen molar-refractivity contribution in [2.45, 2.75) is 62.7 Å². The molecule has 0 radical (unpaired) electrons. The first-order chi connectivity index (χ1) is 11.1. The first kappa shape index (κ1) is 16.7. The number of halogens is 1. The lowest BCUT2D eigenvalue weighted by Gasteiger charge is -2.32. The summed E-state index contributed by atoms with van der Waals surface area (Å²) in [5.74, 6) is -0.0798. The van der Waals surface area contributed by atoms with Gasteiger partial charge in [0.25, 0.3) is 0 Å². The molecule has 23 heavy (non-hydrogen) atoms. The molecule has 1 aliphatic heterocycles. The molecular weight excluding hydrogens is 314 g/mol. The van der Waals surface area contributed by atoms with Crippen molar-refractivity contribution in [1.82, 2.24) is 5.32 Å². The molecule has 1 amide bonds. The van der Waals surface area contributed by atoms with E-state index in [-0.39, 0.29) is 24.5 Å². The van der Waals surface area contributed by atoms with Crippen LogP contribution in [0.25, 0.3) is 0 Å². The van der Waals surface area contributed by atoms with Gasteiger partial charge in [-0.15, -0.1) is 0 Å². The predicted octanol–water partition coefficient (Wildman–Crippen LogP) is 3.37. The zero-order valence-electron chi connectivity index (χ0n) is 13.3. The van der Waals surface area contributed by atoms with E-state index in [2.05, 4.69) is 5.32 Å². The van der Waals surface area contributed by atoms with Crippen molar-refractivity contribution in [3.63, 3.8) is 0 Å². The highest BCUT2D eigenvalue weighted by Crippen LogP contribution is 2.32. The van der Waals surface area contributed by atoms with Crippen molar-refractivity contribution in [2.75, 3.05) is 6.61 Å². The zero-order valence-corrected chi connectivity index (χ0v) is 14.0. The summed E-state index contributed by atoms with van der Waals surface area (Å²) < 4.78 is 5.79. The molecule has 1 heterocycles. The lowest BCUT2D eigenvalue weighted by Crippen LogP contribution is -2.43. The third-order valence-corrected chi connectivity index (χ3v) is 5.16. The second-order valence-corrected chi connectivity index (χ2v) is 7.20. The van der Waals surface area contributed by atoms with Gasteiger partial charge < -0.3 is 15.2 Å². The van der Waals surface area contributed by atoms with Crippen LogP contribution in [0, 0.1) is 0 Å². The van der Waals surface area contributed by atoms with E-state index in [0.29, 0.717) is 11.6 Å². The molecule has 0 aromatic heterocycles. The first-order valence-corrected chi connectivity index (χ1v) is 8.82. The SMILES string of the molecule is O=C(CC1(O)CCCCC1)NC1CCOC1c1ccc(Cl)cc1. The molecule has 2 atom stereocenters. The fraction of sp³-hybridized carbons (Fsp3) is 0.611. The van der Waals surface area contributed by atoms with Crippen LogP contribution in [0.3, 0.4) is 0 Å². The highest BCUT2D eigenvalue weighted by atomic mass is 35.5. The van der Waals surface area contributed by atoms with E-state index in [0.717, 1.165) is 44.1 Å². The number of nitrogens with one attached hydrogen (secondary N) is 1. The smallest absolute Gasteiger partial charge is 0.223 e. The first-order valence-electron chi connectivity index (χ1n) is 8.45. The number of hydrogen-bond acceptors (Lipinski definition) is 3. The van der Waals surface area contributed by atoms with Gasteiger partial charge in [-0.05, 0) is 37.0 Å². The average Bonchev–Trinajstić information content (AvgIpc) is 2.96. The molecule has 2 fully saturated rings. The third kappa shape index (κ3) is 4.25. The molecule has 2 N–H and O–H groups in total. The molecule has 2 aliphatic rings. The second-order valence-electron chi connectivity index (χ2n) is 6.77. The molecule has 1 saturated carbocycles. The number of benzene rings is 1. The van der Waals surface area contributed by atoms with Gasteiger partial charge in [-0.25, -0.2) is 0 Å². The Bertz CT molecular complexity index is 540. The molecule has 0 bridgehead atoms. The van der Waals surface area contributed by atoms with E-state index in [1.165, 1.54) is 0 Å². The van der Waals surface area contributed by atoms with Gasteiger partial charge in [0.05, 0.1) is 18.1 Å². The molecule has 1 aromatic carbocycles. The van der Waals surface area contributed by atoms with Crippen molar-refractivity contribution in [3.8, 4) is 0 Å². The molecule has 1 aromatic rings. The van der Waals surface area contributed by atoms with Crippen LogP contribution < -0.4 is 5.32 Å². The van der Waals surface area contributed by atoms with E-state index in [1.54, 1.807) is 0 Å². The topological polar surface area (TPSA) is 58.6 Å². The third-order valence-electron chi connectivity index (χ3n) is 4.91. The lowest BCUT2D eigenvalue weighted by atomic mass is 9.82. The number of aliphatic hydroxyl groups is 1. The Hall–Kier alpha value is -1.10. The van der Waals surface area contributed by atoms with Crippen molar-refractivity contribution in [1.29, 1.82) is 0 Å². The highest BCUT2D eigenvalue weighted by molar-refractivity contribution is 6.30. The Balaban J connectivity index is 1.59. The summed E-state index contributed by atoms with van der Waals surface area (Å²) in [4.78, 5) is 12.4. The molecule has 3 rings (SSSR count). The molecule has 0 spiro atoms. The number of carbonyl (C=O) groups is 1. The maximum Gasteiger partial charge on any atom is 0.223 e. The van der Waals surface area contributed by atoms with Crippen molar-refractivity contribution < 1.29 is 14.6 Å². The van der Waals surface area contributed by atoms with E-state index in [9.17, 15) is 9.90 Å². The summed E-state index contributed by atoms with van der Waals surface area (Å²) in [6.07, 6.45) is 5.45. The number of amides is 1. The van der Waals surface area contributed by atoms with Crippen LogP contribution in [0.5, 0.6) is 0 Å². The van der Waals surface area contributed by atoms with Gasteiger partial charge in [0.15, 0.2) is 0 Å². The lowest BCUT2D eigenvalue weighted by molar-refractivity contribution is -0.128. The van der Waals surface area contributed by atoms with Crippen LogP contribution in [-0.4, -0.2) is 29.3 Å². The number of rotatable bonds is 4. The van der Waals surface area contributed by atoms with Gasteiger partial charge in [0.1, 0.15) is 6.10 Å². The van der Waals surface area contributed by atoms with E-state index in [4.69, 9.17) is 16.3 Å². The molecule has 1 saturated heterocycles. The summed E-state index contributed by atoms with van der Waals surface area (Å²) >= 11 is 5.92. The normalized spacial score (nSPS) is 26.9. The van der Waals surface area contributed by atoms with Crippen LogP contribution in [0.15, 0.2) is 24.3 Å². The van der Waals surface area contributed by atoms with Crippen molar-refractivity contribution >= 4 is 17.5 Å². The quantitative estimate of drug-likeness (QED) is 0.885. The van der Waals surface area contributed by atoms with Crippen molar-refractivity contribution in [2.24, 2.45) is 0 Å². The van der Waals surface area contributed by atoms with Gasteiger partial charge in [0, 0.05) is 11.6 Å². The number of carbonyl (C=O) groups excluding carboxylic acids is 1. The molecule has 4 nitrogen and oxygen atoms in total. The van der Waals surface area contributed by atoms with Gasteiger partial charge >= 0.3 is 0 Å². The maximum atomic E-state index is 12.4. The summed E-state index contributed by atoms with van der Waals surface area (Å²) in [5, 5.41) is 14.3. The van der Waals surface area contributed by atoms with Crippen LogP contribution in [-0.2, 0) is 9.53 Å².